The van der Waals surface area contributed by atoms with Crippen molar-refractivity contribution in [1.29, 1.82) is 0 Å². The molecule has 0 aromatic carbocycles. The number of aromatic nitrogens is 3. The van der Waals surface area contributed by atoms with E-state index in [0.29, 0.717) is 24.5 Å². The second-order valence-corrected chi connectivity index (χ2v) is 5.39. The summed E-state index contributed by atoms with van der Waals surface area (Å²) in [6.07, 6.45) is 3.25. The molecular formula is C14H25N5O. The van der Waals surface area contributed by atoms with E-state index in [1.54, 1.807) is 0 Å². The summed E-state index contributed by atoms with van der Waals surface area (Å²) in [5.74, 6) is 2.75. The molecule has 1 aliphatic carbocycles. The first kappa shape index (κ1) is 14.8. The molecule has 2 rings (SSSR count). The number of anilines is 2. The van der Waals surface area contributed by atoms with Gasteiger partial charge in [0.15, 0.2) is 0 Å². The summed E-state index contributed by atoms with van der Waals surface area (Å²) >= 11 is 0. The number of nitrogens with zero attached hydrogens (tertiary/aromatic N) is 3. The maximum absolute atomic E-state index is 5.52. The average Bonchev–Trinajstić information content (AvgIpc) is 3.16. The summed E-state index contributed by atoms with van der Waals surface area (Å²) in [5.41, 5.74) is 0. The van der Waals surface area contributed by atoms with E-state index in [9.17, 15) is 0 Å². The van der Waals surface area contributed by atoms with Crippen LogP contribution in [0.5, 0.6) is 6.01 Å². The molecule has 0 spiro atoms. The van der Waals surface area contributed by atoms with Crippen LogP contribution in [0.1, 0.15) is 40.0 Å². The molecule has 6 nitrogen and oxygen atoms in total. The molecule has 6 heteroatoms. The Morgan fingerprint density at radius 1 is 1.10 bits per heavy atom. The molecule has 2 atom stereocenters. The number of ether oxygens (including phenoxy) is 1. The van der Waals surface area contributed by atoms with Crippen molar-refractivity contribution in [2.24, 2.45) is 11.8 Å². The number of hydrogen-bond donors (Lipinski definition) is 2. The molecule has 1 heterocycles. The highest BCUT2D eigenvalue weighted by atomic mass is 16.5. The van der Waals surface area contributed by atoms with Crippen LogP contribution in [0, 0.1) is 11.8 Å². The largest absolute Gasteiger partial charge is 0.463 e. The molecule has 1 fully saturated rings. The normalized spacial score (nSPS) is 20.6. The molecule has 2 unspecified atom stereocenters. The first-order chi connectivity index (χ1) is 9.72. The summed E-state index contributed by atoms with van der Waals surface area (Å²) in [6.45, 7) is 8.82. The van der Waals surface area contributed by atoms with E-state index in [1.807, 2.05) is 0 Å². The summed E-state index contributed by atoms with van der Waals surface area (Å²) in [5, 5.41) is 6.47. The predicted molar refractivity (Wildman–Crippen MR) is 80.2 cm³/mol. The lowest BCUT2D eigenvalue weighted by Crippen LogP contribution is -2.13. The zero-order chi connectivity index (χ0) is 14.4. The SMILES string of the molecule is CCCNc1nc(NCC2CC2C)nc(OCCC)n1. The molecule has 0 aliphatic heterocycles. The number of rotatable bonds is 9. The molecule has 0 amide bonds. The zero-order valence-electron chi connectivity index (χ0n) is 12.6. The Kier molecular flexibility index (Phi) is 5.38. The lowest BCUT2D eigenvalue weighted by molar-refractivity contribution is 0.292. The highest BCUT2D eigenvalue weighted by molar-refractivity contribution is 5.36. The topological polar surface area (TPSA) is 72.0 Å². The fourth-order valence-electron chi connectivity index (χ4n) is 1.92. The highest BCUT2D eigenvalue weighted by Crippen LogP contribution is 2.37. The molecule has 20 heavy (non-hydrogen) atoms. The van der Waals surface area contributed by atoms with Crippen molar-refractivity contribution in [2.75, 3.05) is 30.3 Å². The monoisotopic (exact) mass is 279 g/mol. The first-order valence-corrected chi connectivity index (χ1v) is 7.59. The van der Waals surface area contributed by atoms with E-state index in [1.165, 1.54) is 6.42 Å². The number of nitrogens with one attached hydrogen (secondary N) is 2. The third-order valence-electron chi connectivity index (χ3n) is 3.38. The van der Waals surface area contributed by atoms with Gasteiger partial charge in [-0.3, -0.25) is 0 Å². The van der Waals surface area contributed by atoms with E-state index < -0.39 is 0 Å². The van der Waals surface area contributed by atoms with Crippen molar-refractivity contribution < 1.29 is 4.74 Å². The second kappa shape index (κ2) is 7.26. The highest BCUT2D eigenvalue weighted by Gasteiger charge is 2.32. The van der Waals surface area contributed by atoms with Crippen LogP contribution < -0.4 is 15.4 Å². The van der Waals surface area contributed by atoms with Gasteiger partial charge in [0, 0.05) is 13.1 Å². The van der Waals surface area contributed by atoms with Crippen molar-refractivity contribution in [3.8, 4) is 6.01 Å². The van der Waals surface area contributed by atoms with Crippen molar-refractivity contribution in [2.45, 2.75) is 40.0 Å². The maximum atomic E-state index is 5.52. The van der Waals surface area contributed by atoms with Gasteiger partial charge < -0.3 is 15.4 Å². The standard InChI is InChI=1S/C14H25N5O/c1-4-6-15-12-17-13(16-9-11-8-10(11)3)19-14(18-12)20-7-5-2/h10-11H,4-9H2,1-3H3,(H2,15,16,17,18,19). The lowest BCUT2D eigenvalue weighted by Gasteiger charge is -2.10. The van der Waals surface area contributed by atoms with Crippen LogP contribution in [0.4, 0.5) is 11.9 Å². The Labute approximate surface area is 120 Å². The lowest BCUT2D eigenvalue weighted by atomic mass is 10.3. The third kappa shape index (κ3) is 4.51. The summed E-state index contributed by atoms with van der Waals surface area (Å²) in [4.78, 5) is 13.0. The minimum absolute atomic E-state index is 0.395. The molecule has 0 saturated heterocycles. The van der Waals surface area contributed by atoms with Crippen LogP contribution in [0.15, 0.2) is 0 Å². The second-order valence-electron chi connectivity index (χ2n) is 5.39. The molecule has 0 bridgehead atoms. The molecule has 1 aromatic heterocycles. The van der Waals surface area contributed by atoms with E-state index >= 15 is 0 Å². The van der Waals surface area contributed by atoms with Crippen LogP contribution in [0.25, 0.3) is 0 Å². The van der Waals surface area contributed by atoms with Crippen LogP contribution >= 0.6 is 0 Å². The molecule has 0 radical (unpaired) electrons. The first-order valence-electron chi connectivity index (χ1n) is 7.59. The predicted octanol–water partition coefficient (Wildman–Crippen LogP) is 2.55. The molecule has 1 aromatic rings. The van der Waals surface area contributed by atoms with Gasteiger partial charge in [0.05, 0.1) is 6.61 Å². The Bertz CT molecular complexity index is 400. The van der Waals surface area contributed by atoms with Gasteiger partial charge in [0.2, 0.25) is 11.9 Å². The smallest absolute Gasteiger partial charge is 0.323 e. The number of hydrogen-bond acceptors (Lipinski definition) is 6. The maximum Gasteiger partial charge on any atom is 0.323 e. The third-order valence-corrected chi connectivity index (χ3v) is 3.38. The zero-order valence-corrected chi connectivity index (χ0v) is 12.6. The van der Waals surface area contributed by atoms with Crippen LogP contribution in [-0.2, 0) is 0 Å². The fraction of sp³-hybridized carbons (Fsp3) is 0.786. The van der Waals surface area contributed by atoms with Gasteiger partial charge in [-0.25, -0.2) is 0 Å². The van der Waals surface area contributed by atoms with Gasteiger partial charge in [-0.2, -0.15) is 15.0 Å². The summed E-state index contributed by atoms with van der Waals surface area (Å²) in [6, 6.07) is 0.395. The summed E-state index contributed by atoms with van der Waals surface area (Å²) in [7, 11) is 0. The van der Waals surface area contributed by atoms with Gasteiger partial charge >= 0.3 is 6.01 Å². The minimum atomic E-state index is 0.395. The van der Waals surface area contributed by atoms with Crippen molar-refractivity contribution in [1.82, 2.24) is 15.0 Å². The van der Waals surface area contributed by atoms with Gasteiger partial charge in [0.25, 0.3) is 0 Å². The molecule has 2 N–H and O–H groups in total. The van der Waals surface area contributed by atoms with Crippen molar-refractivity contribution in [3.05, 3.63) is 0 Å². The van der Waals surface area contributed by atoms with E-state index in [2.05, 4.69) is 46.4 Å². The molecule has 1 aliphatic rings. The Morgan fingerprint density at radius 2 is 1.80 bits per heavy atom. The minimum Gasteiger partial charge on any atom is -0.463 e. The van der Waals surface area contributed by atoms with Gasteiger partial charge in [0.1, 0.15) is 0 Å². The van der Waals surface area contributed by atoms with Gasteiger partial charge in [-0.15, -0.1) is 0 Å². The van der Waals surface area contributed by atoms with Crippen molar-refractivity contribution >= 4 is 11.9 Å². The van der Waals surface area contributed by atoms with E-state index in [-0.39, 0.29) is 0 Å². The quantitative estimate of drug-likeness (QED) is 0.724. The van der Waals surface area contributed by atoms with Crippen LogP contribution in [0.2, 0.25) is 0 Å². The van der Waals surface area contributed by atoms with Crippen LogP contribution in [0.3, 0.4) is 0 Å². The Balaban J connectivity index is 1.98. The molecule has 112 valence electrons. The average molecular weight is 279 g/mol. The van der Waals surface area contributed by atoms with E-state index in [0.717, 1.165) is 37.8 Å². The fourth-order valence-corrected chi connectivity index (χ4v) is 1.92. The molecule has 1 saturated carbocycles. The van der Waals surface area contributed by atoms with Crippen molar-refractivity contribution in [3.63, 3.8) is 0 Å². The van der Waals surface area contributed by atoms with Crippen LogP contribution in [-0.4, -0.2) is 34.6 Å². The Hall–Kier alpha value is -1.59. The Morgan fingerprint density at radius 3 is 2.40 bits per heavy atom. The van der Waals surface area contributed by atoms with E-state index in [4.69, 9.17) is 4.74 Å². The van der Waals surface area contributed by atoms with Gasteiger partial charge in [-0.1, -0.05) is 20.8 Å². The molecular weight excluding hydrogens is 254 g/mol. The summed E-state index contributed by atoms with van der Waals surface area (Å²) < 4.78 is 5.52. The van der Waals surface area contributed by atoms with Gasteiger partial charge in [-0.05, 0) is 31.1 Å².